The third-order valence-corrected chi connectivity index (χ3v) is 7.13. The Labute approximate surface area is 142 Å². The third-order valence-electron chi connectivity index (χ3n) is 7.13. The van der Waals surface area contributed by atoms with Crippen LogP contribution in [0.3, 0.4) is 0 Å². The fourth-order valence-corrected chi connectivity index (χ4v) is 5.54. The molecule has 4 unspecified atom stereocenters. The second-order valence-electron chi connectivity index (χ2n) is 8.92. The molecule has 3 heteroatoms. The van der Waals surface area contributed by atoms with Crippen LogP contribution in [0.5, 0.6) is 0 Å². The predicted molar refractivity (Wildman–Crippen MR) is 96.7 cm³/mol. The monoisotopic (exact) mass is 319 g/mol. The van der Waals surface area contributed by atoms with Gasteiger partial charge in [0.15, 0.2) is 0 Å². The highest BCUT2D eigenvalue weighted by molar-refractivity contribution is 4.92. The molecular weight excluding hydrogens is 282 g/mol. The van der Waals surface area contributed by atoms with Crippen molar-refractivity contribution in [3.8, 4) is 0 Å². The molecule has 8 aliphatic rings. The van der Waals surface area contributed by atoms with Crippen LogP contribution in [-0.2, 0) is 0 Å². The van der Waals surface area contributed by atoms with Gasteiger partial charge in [-0.15, -0.1) is 0 Å². The van der Waals surface area contributed by atoms with E-state index >= 15 is 0 Å². The van der Waals surface area contributed by atoms with Crippen molar-refractivity contribution in [1.82, 2.24) is 16.0 Å². The maximum Gasteiger partial charge on any atom is 0.00844 e. The molecule has 6 saturated heterocycles. The van der Waals surface area contributed by atoms with Gasteiger partial charge in [0.1, 0.15) is 0 Å². The topological polar surface area (TPSA) is 36.1 Å². The van der Waals surface area contributed by atoms with E-state index in [0.29, 0.717) is 0 Å². The lowest BCUT2D eigenvalue weighted by atomic mass is 9.82. The zero-order chi connectivity index (χ0) is 15.5. The van der Waals surface area contributed by atoms with Crippen molar-refractivity contribution >= 4 is 0 Å². The summed E-state index contributed by atoms with van der Waals surface area (Å²) in [6.07, 6.45) is 19.0. The molecule has 0 aromatic heterocycles. The Morgan fingerprint density at radius 3 is 1.22 bits per heavy atom. The van der Waals surface area contributed by atoms with Crippen LogP contribution >= 0.6 is 0 Å². The molecule has 132 valence electrons. The van der Waals surface area contributed by atoms with Crippen LogP contribution in [-0.4, -0.2) is 36.8 Å². The Morgan fingerprint density at radius 2 is 0.957 bits per heavy atom. The standard InChI is InChI=1S/2C7H13N.C6H11N/c1-3-7-4-2-6(1)5-8-7;1-2-6-4-5-7(3-1)8-6;1-2-5-4-6(3-1)7-5/h2*6-8H,1-5H2;5-7H,1-4H2. The van der Waals surface area contributed by atoms with Crippen LogP contribution in [0.15, 0.2) is 0 Å². The molecule has 0 aromatic rings. The quantitative estimate of drug-likeness (QED) is 0.641. The first kappa shape index (κ1) is 16.4. The minimum atomic E-state index is 0.903. The average Bonchev–Trinajstić information content (AvgIpc) is 2.96. The van der Waals surface area contributed by atoms with Gasteiger partial charge in [-0.3, -0.25) is 0 Å². The molecule has 0 amide bonds. The van der Waals surface area contributed by atoms with Crippen LogP contribution in [0.4, 0.5) is 0 Å². The highest BCUT2D eigenvalue weighted by Gasteiger charge is 2.31. The summed E-state index contributed by atoms with van der Waals surface area (Å²) >= 11 is 0. The Kier molecular flexibility index (Phi) is 5.58. The van der Waals surface area contributed by atoms with Crippen molar-refractivity contribution in [2.75, 3.05) is 6.54 Å². The largest absolute Gasteiger partial charge is 0.314 e. The van der Waals surface area contributed by atoms with Gasteiger partial charge in [0.2, 0.25) is 0 Å². The van der Waals surface area contributed by atoms with E-state index in [9.17, 15) is 0 Å². The highest BCUT2D eigenvalue weighted by atomic mass is 15.0. The maximum absolute atomic E-state index is 3.59. The minimum Gasteiger partial charge on any atom is -0.314 e. The van der Waals surface area contributed by atoms with Gasteiger partial charge in [-0.1, -0.05) is 12.8 Å². The van der Waals surface area contributed by atoms with Gasteiger partial charge in [-0.2, -0.15) is 0 Å². The molecule has 2 aliphatic carbocycles. The molecule has 0 aromatic carbocycles. The smallest absolute Gasteiger partial charge is 0.00844 e. The van der Waals surface area contributed by atoms with Crippen LogP contribution in [0, 0.1) is 5.92 Å². The van der Waals surface area contributed by atoms with Gasteiger partial charge in [-0.25, -0.2) is 0 Å². The molecule has 8 rings (SSSR count). The summed E-state index contributed by atoms with van der Waals surface area (Å²) in [5.41, 5.74) is 0. The van der Waals surface area contributed by atoms with E-state index in [1.807, 2.05) is 0 Å². The molecule has 6 aliphatic heterocycles. The second kappa shape index (κ2) is 7.84. The molecule has 6 heterocycles. The number of rotatable bonds is 0. The Balaban J connectivity index is 0.0000000884. The van der Waals surface area contributed by atoms with E-state index in [4.69, 9.17) is 0 Å². The number of hydrogen-bond acceptors (Lipinski definition) is 3. The lowest BCUT2D eigenvalue weighted by molar-refractivity contribution is 0.182. The molecule has 6 bridgehead atoms. The molecular formula is C20H37N3. The molecule has 4 atom stereocenters. The molecule has 0 spiro atoms. The zero-order valence-corrected chi connectivity index (χ0v) is 14.9. The first-order valence-electron chi connectivity index (χ1n) is 10.6. The summed E-state index contributed by atoms with van der Waals surface area (Å²) in [6, 6.07) is 4.58. The van der Waals surface area contributed by atoms with E-state index < -0.39 is 0 Å². The van der Waals surface area contributed by atoms with Crippen molar-refractivity contribution in [3.05, 3.63) is 0 Å². The average molecular weight is 320 g/mol. The first-order chi connectivity index (χ1) is 11.3. The van der Waals surface area contributed by atoms with E-state index in [1.165, 1.54) is 90.0 Å². The van der Waals surface area contributed by atoms with Crippen LogP contribution < -0.4 is 16.0 Å². The normalized spacial score (nSPS) is 45.9. The lowest BCUT2D eigenvalue weighted by Crippen LogP contribution is -2.55. The zero-order valence-electron chi connectivity index (χ0n) is 14.9. The van der Waals surface area contributed by atoms with Gasteiger partial charge < -0.3 is 16.0 Å². The van der Waals surface area contributed by atoms with Gasteiger partial charge in [0.25, 0.3) is 0 Å². The number of fused-ring (bicyclic) bond motifs is 7. The SMILES string of the molecule is C1CC2CC(C1)N2.C1CC2CCC(C1)N2.C1CC2CCC1CN2. The van der Waals surface area contributed by atoms with Crippen LogP contribution in [0.2, 0.25) is 0 Å². The Morgan fingerprint density at radius 1 is 0.478 bits per heavy atom. The van der Waals surface area contributed by atoms with Crippen molar-refractivity contribution in [1.29, 1.82) is 0 Å². The van der Waals surface area contributed by atoms with Crippen molar-refractivity contribution in [2.45, 2.75) is 114 Å². The molecule has 23 heavy (non-hydrogen) atoms. The number of piperidine rings is 4. The lowest BCUT2D eigenvalue weighted by Gasteiger charge is -2.42. The van der Waals surface area contributed by atoms with Crippen LogP contribution in [0.1, 0.15) is 83.5 Å². The fraction of sp³-hybridized carbons (Fsp3) is 1.00. The van der Waals surface area contributed by atoms with Crippen LogP contribution in [0.25, 0.3) is 0 Å². The van der Waals surface area contributed by atoms with Gasteiger partial charge in [-0.05, 0) is 83.1 Å². The Bertz CT molecular complexity index is 294. The van der Waals surface area contributed by atoms with E-state index in [1.54, 1.807) is 0 Å². The highest BCUT2D eigenvalue weighted by Crippen LogP contribution is 2.28. The number of nitrogens with one attached hydrogen (secondary N) is 3. The second-order valence-corrected chi connectivity index (χ2v) is 8.92. The maximum atomic E-state index is 3.59. The van der Waals surface area contributed by atoms with E-state index in [2.05, 4.69) is 16.0 Å². The molecule has 8 fully saturated rings. The van der Waals surface area contributed by atoms with Crippen molar-refractivity contribution in [2.24, 2.45) is 5.92 Å². The van der Waals surface area contributed by atoms with Crippen molar-refractivity contribution in [3.63, 3.8) is 0 Å². The van der Waals surface area contributed by atoms with Gasteiger partial charge in [0.05, 0.1) is 0 Å². The summed E-state index contributed by atoms with van der Waals surface area (Å²) in [5.74, 6) is 1.04. The summed E-state index contributed by atoms with van der Waals surface area (Å²) in [4.78, 5) is 0. The Hall–Kier alpha value is -0.120. The van der Waals surface area contributed by atoms with Crippen molar-refractivity contribution < 1.29 is 0 Å². The predicted octanol–water partition coefficient (Wildman–Crippen LogP) is 3.34. The van der Waals surface area contributed by atoms with Gasteiger partial charge in [0, 0.05) is 30.2 Å². The molecule has 2 saturated carbocycles. The minimum absolute atomic E-state index is 0.903. The van der Waals surface area contributed by atoms with Gasteiger partial charge >= 0.3 is 0 Å². The summed E-state index contributed by atoms with van der Waals surface area (Å²) in [7, 11) is 0. The van der Waals surface area contributed by atoms with E-state index in [-0.39, 0.29) is 0 Å². The van der Waals surface area contributed by atoms with E-state index in [0.717, 1.165) is 36.1 Å². The molecule has 3 N–H and O–H groups in total. The molecule has 3 nitrogen and oxygen atoms in total. The summed E-state index contributed by atoms with van der Waals surface area (Å²) in [5, 5.41) is 10.6. The third kappa shape index (κ3) is 4.49. The number of hydrogen-bond donors (Lipinski definition) is 3. The summed E-state index contributed by atoms with van der Waals surface area (Å²) in [6.45, 7) is 1.31. The first-order valence-corrected chi connectivity index (χ1v) is 10.6. The molecule has 0 radical (unpaired) electrons. The summed E-state index contributed by atoms with van der Waals surface area (Å²) < 4.78 is 0. The fourth-order valence-electron chi connectivity index (χ4n) is 5.54.